The maximum Gasteiger partial charge on any atom is 1.00 e. The van der Waals surface area contributed by atoms with Crippen LogP contribution in [0, 0.1) is 0 Å². The predicted molar refractivity (Wildman–Crippen MR) is 57.3 cm³/mol. The molecule has 0 aliphatic rings. The minimum Gasteiger partial charge on any atom is -1.00 e. The third-order valence-corrected chi connectivity index (χ3v) is 1.83. The number of hydrogen-bond donors (Lipinski definition) is 1. The molecular formula is C11H13KO4. The van der Waals surface area contributed by atoms with Crippen LogP contribution in [0.4, 0.5) is 0 Å². The van der Waals surface area contributed by atoms with Crippen molar-refractivity contribution < 1.29 is 72.2 Å². The molecule has 0 radical (unpaired) electrons. The molecule has 0 aliphatic carbocycles. The smallest absolute Gasteiger partial charge is 1.00 e. The van der Waals surface area contributed by atoms with E-state index in [1.807, 2.05) is 0 Å². The Hall–Kier alpha value is -0.334. The summed E-state index contributed by atoms with van der Waals surface area (Å²) in [4.78, 5) is 10.3. The average Bonchev–Trinajstić information content (AvgIpc) is 2.25. The SMILES string of the molecule is COc1ccc(/C=C/C(=O)O)cc1OC.[H-].[K+]. The van der Waals surface area contributed by atoms with Crippen LogP contribution in [0.25, 0.3) is 6.08 Å². The molecule has 1 rings (SSSR count). The number of methoxy groups -OCH3 is 2. The van der Waals surface area contributed by atoms with Gasteiger partial charge in [-0.1, -0.05) is 6.07 Å². The first-order valence-corrected chi connectivity index (χ1v) is 4.30. The quantitative estimate of drug-likeness (QED) is 0.544. The fourth-order valence-electron chi connectivity index (χ4n) is 1.12. The van der Waals surface area contributed by atoms with Gasteiger partial charge in [-0.2, -0.15) is 0 Å². The molecule has 5 heteroatoms. The molecular weight excluding hydrogens is 235 g/mol. The van der Waals surface area contributed by atoms with Gasteiger partial charge in [-0.3, -0.25) is 0 Å². The minimum atomic E-state index is -0.982. The largest absolute Gasteiger partial charge is 1.00 e. The van der Waals surface area contributed by atoms with Crippen molar-refractivity contribution in [3.05, 3.63) is 29.8 Å². The van der Waals surface area contributed by atoms with Crippen molar-refractivity contribution in [1.29, 1.82) is 0 Å². The standard InChI is InChI=1S/C11H12O4.K.H/c1-14-9-5-3-8(4-6-11(12)13)7-10(9)15-2;;/h3-7H,1-2H3,(H,12,13);;/q;+1;-1/b6-4+;;. The second-order valence-electron chi connectivity index (χ2n) is 2.79. The van der Waals surface area contributed by atoms with Gasteiger partial charge in [-0.05, 0) is 23.8 Å². The molecule has 0 fully saturated rings. The van der Waals surface area contributed by atoms with Gasteiger partial charge < -0.3 is 16.0 Å². The third-order valence-electron chi connectivity index (χ3n) is 1.83. The van der Waals surface area contributed by atoms with Crippen LogP contribution in [0.5, 0.6) is 11.5 Å². The van der Waals surface area contributed by atoms with E-state index in [9.17, 15) is 4.79 Å². The Kier molecular flexibility index (Phi) is 7.70. The molecule has 0 amide bonds. The van der Waals surface area contributed by atoms with E-state index < -0.39 is 5.97 Å². The monoisotopic (exact) mass is 248 g/mol. The fourth-order valence-corrected chi connectivity index (χ4v) is 1.12. The van der Waals surface area contributed by atoms with Gasteiger partial charge in [0.05, 0.1) is 14.2 Å². The summed E-state index contributed by atoms with van der Waals surface area (Å²) in [5.41, 5.74) is 0.745. The zero-order chi connectivity index (χ0) is 11.3. The molecule has 1 aromatic carbocycles. The minimum absolute atomic E-state index is 0. The molecule has 82 valence electrons. The number of carboxylic acid groups (broad SMARTS) is 1. The van der Waals surface area contributed by atoms with Gasteiger partial charge in [-0.15, -0.1) is 0 Å². The van der Waals surface area contributed by atoms with Crippen LogP contribution in [0.3, 0.4) is 0 Å². The second-order valence-corrected chi connectivity index (χ2v) is 2.79. The van der Waals surface area contributed by atoms with Crippen LogP contribution in [-0.2, 0) is 4.79 Å². The van der Waals surface area contributed by atoms with Crippen molar-refractivity contribution in [2.75, 3.05) is 14.2 Å². The van der Waals surface area contributed by atoms with Gasteiger partial charge in [0.25, 0.3) is 0 Å². The van der Waals surface area contributed by atoms with E-state index in [1.165, 1.54) is 13.2 Å². The Balaban J connectivity index is 0. The van der Waals surface area contributed by atoms with E-state index >= 15 is 0 Å². The van der Waals surface area contributed by atoms with E-state index in [2.05, 4.69) is 0 Å². The molecule has 0 unspecified atom stereocenters. The van der Waals surface area contributed by atoms with Gasteiger partial charge >= 0.3 is 57.4 Å². The maximum atomic E-state index is 10.3. The normalized spacial score (nSPS) is 9.62. The molecule has 1 aromatic rings. The topological polar surface area (TPSA) is 55.8 Å². The summed E-state index contributed by atoms with van der Waals surface area (Å²) >= 11 is 0. The van der Waals surface area contributed by atoms with Crippen LogP contribution < -0.4 is 60.9 Å². The van der Waals surface area contributed by atoms with E-state index in [-0.39, 0.29) is 52.8 Å². The maximum absolute atomic E-state index is 10.3. The van der Waals surface area contributed by atoms with E-state index in [4.69, 9.17) is 14.6 Å². The molecule has 0 bridgehead atoms. The summed E-state index contributed by atoms with van der Waals surface area (Å²) in [6.45, 7) is 0. The molecule has 0 aliphatic heterocycles. The molecule has 0 atom stereocenters. The first kappa shape index (κ1) is 15.7. The van der Waals surface area contributed by atoms with Crippen molar-refractivity contribution >= 4 is 12.0 Å². The predicted octanol–water partition coefficient (Wildman–Crippen LogP) is -1.08. The molecule has 16 heavy (non-hydrogen) atoms. The number of rotatable bonds is 4. The number of aliphatic carboxylic acids is 1. The van der Waals surface area contributed by atoms with Crippen LogP contribution >= 0.6 is 0 Å². The Morgan fingerprint density at radius 1 is 1.31 bits per heavy atom. The van der Waals surface area contributed by atoms with Crippen molar-refractivity contribution in [2.45, 2.75) is 0 Å². The number of hydrogen-bond acceptors (Lipinski definition) is 3. The Labute approximate surface area is 138 Å². The zero-order valence-corrected chi connectivity index (χ0v) is 12.7. The van der Waals surface area contributed by atoms with Crippen molar-refractivity contribution in [3.63, 3.8) is 0 Å². The number of carboxylic acids is 1. The second kappa shape index (κ2) is 7.86. The van der Waals surface area contributed by atoms with E-state index in [0.717, 1.165) is 11.6 Å². The molecule has 0 saturated heterocycles. The summed E-state index contributed by atoms with van der Waals surface area (Å²) in [7, 11) is 3.08. The number of benzene rings is 1. The van der Waals surface area contributed by atoms with Crippen LogP contribution in [-0.4, -0.2) is 25.3 Å². The molecule has 0 spiro atoms. The molecule has 1 N–H and O–H groups in total. The summed E-state index contributed by atoms with van der Waals surface area (Å²) in [5.74, 6) is 0.208. The summed E-state index contributed by atoms with van der Waals surface area (Å²) < 4.78 is 10.1. The number of carbonyl (C=O) groups is 1. The molecule has 0 aromatic heterocycles. The average molecular weight is 248 g/mol. The van der Waals surface area contributed by atoms with Crippen LogP contribution in [0.1, 0.15) is 6.99 Å². The van der Waals surface area contributed by atoms with Crippen LogP contribution in [0.2, 0.25) is 0 Å². The van der Waals surface area contributed by atoms with E-state index in [1.54, 1.807) is 25.3 Å². The Morgan fingerprint density at radius 2 is 1.94 bits per heavy atom. The summed E-state index contributed by atoms with van der Waals surface area (Å²) in [5, 5.41) is 8.46. The zero-order valence-electron chi connectivity index (χ0n) is 10.6. The summed E-state index contributed by atoms with van der Waals surface area (Å²) in [6, 6.07) is 5.18. The van der Waals surface area contributed by atoms with Crippen molar-refractivity contribution in [3.8, 4) is 11.5 Å². The molecule has 4 nitrogen and oxygen atoms in total. The fraction of sp³-hybridized carbons (Fsp3) is 0.182. The number of ether oxygens (including phenoxy) is 2. The van der Waals surface area contributed by atoms with Gasteiger partial charge in [0.2, 0.25) is 0 Å². The van der Waals surface area contributed by atoms with Crippen LogP contribution in [0.15, 0.2) is 24.3 Å². The van der Waals surface area contributed by atoms with E-state index in [0.29, 0.717) is 11.5 Å². The Morgan fingerprint density at radius 3 is 2.44 bits per heavy atom. The van der Waals surface area contributed by atoms with Gasteiger partial charge in [0.15, 0.2) is 11.5 Å². The Bertz CT molecular complexity index is 393. The van der Waals surface area contributed by atoms with Gasteiger partial charge in [0.1, 0.15) is 0 Å². The first-order chi connectivity index (χ1) is 7.17. The van der Waals surface area contributed by atoms with Gasteiger partial charge in [0, 0.05) is 6.08 Å². The first-order valence-electron chi connectivity index (χ1n) is 4.30. The summed E-state index contributed by atoms with van der Waals surface area (Å²) in [6.07, 6.45) is 2.56. The third kappa shape index (κ3) is 4.67. The van der Waals surface area contributed by atoms with Crippen molar-refractivity contribution in [1.82, 2.24) is 0 Å². The van der Waals surface area contributed by atoms with Crippen molar-refractivity contribution in [2.24, 2.45) is 0 Å². The molecule has 0 heterocycles. The molecule has 0 saturated carbocycles. The van der Waals surface area contributed by atoms with Gasteiger partial charge in [-0.25, -0.2) is 4.79 Å².